The topological polar surface area (TPSA) is 105 Å². The van der Waals surface area contributed by atoms with E-state index in [-0.39, 0.29) is 0 Å². The number of morpholine rings is 1. The number of alkyl halides is 3. The quantitative estimate of drug-likeness (QED) is 0.742. The first-order valence-corrected chi connectivity index (χ1v) is 10.3. The Morgan fingerprint density at radius 1 is 1.12 bits per heavy atom. The summed E-state index contributed by atoms with van der Waals surface area (Å²) in [5.74, 6) is -0.729. The minimum absolute atomic E-state index is 0.775. The molecule has 2 aliphatic heterocycles. The normalized spacial score (nSPS) is 17.2. The molecule has 176 valence electrons. The van der Waals surface area contributed by atoms with Gasteiger partial charge in [0.15, 0.2) is 0 Å². The highest BCUT2D eigenvalue weighted by Crippen LogP contribution is 2.25. The highest BCUT2D eigenvalue weighted by molar-refractivity contribution is 5.73. The van der Waals surface area contributed by atoms with Gasteiger partial charge in [-0.2, -0.15) is 13.2 Å². The van der Waals surface area contributed by atoms with Gasteiger partial charge in [-0.3, -0.25) is 4.90 Å². The second-order valence-electron chi connectivity index (χ2n) is 7.60. The summed E-state index contributed by atoms with van der Waals surface area (Å²) in [5, 5.41) is 11.2. The first kappa shape index (κ1) is 23.9. The molecule has 0 spiro atoms. The van der Waals surface area contributed by atoms with Gasteiger partial charge in [-0.15, -0.1) is 0 Å². The lowest BCUT2D eigenvalue weighted by Gasteiger charge is -2.29. The van der Waals surface area contributed by atoms with Crippen LogP contribution < -0.4 is 4.90 Å². The minimum atomic E-state index is -5.08. The lowest BCUT2D eigenvalue weighted by atomic mass is 10.1. The number of carbonyl (C=O) groups is 1. The van der Waals surface area contributed by atoms with Crippen molar-refractivity contribution in [1.29, 1.82) is 0 Å². The molecule has 0 aromatic carbocycles. The highest BCUT2D eigenvalue weighted by atomic mass is 19.4. The Bertz CT molecular complexity index is 909. The number of hydrogen-bond donors (Lipinski definition) is 1. The summed E-state index contributed by atoms with van der Waals surface area (Å²) in [4.78, 5) is 22.9. The van der Waals surface area contributed by atoms with Crippen LogP contribution in [-0.4, -0.2) is 76.7 Å². The van der Waals surface area contributed by atoms with E-state index in [1.165, 1.54) is 16.8 Å². The van der Waals surface area contributed by atoms with E-state index in [1.807, 2.05) is 13.8 Å². The monoisotopic (exact) mass is 457 g/mol. The number of rotatable bonds is 3. The molecule has 9 nitrogen and oxygen atoms in total. The third kappa shape index (κ3) is 5.94. The Hall–Kier alpha value is -2.73. The number of aryl methyl sites for hydroxylation is 2. The fourth-order valence-corrected chi connectivity index (χ4v) is 3.71. The number of hydrogen-bond acceptors (Lipinski definition) is 8. The van der Waals surface area contributed by atoms with Crippen molar-refractivity contribution in [3.8, 4) is 0 Å². The molecule has 2 aromatic rings. The summed E-state index contributed by atoms with van der Waals surface area (Å²) >= 11 is 0. The van der Waals surface area contributed by atoms with E-state index in [1.54, 1.807) is 6.33 Å². The van der Waals surface area contributed by atoms with Crippen molar-refractivity contribution in [3.63, 3.8) is 0 Å². The van der Waals surface area contributed by atoms with Gasteiger partial charge in [0.25, 0.3) is 0 Å². The standard InChI is InChI=1S/C18H25N5O2.C2HF3O2/c1-13-16(14(2)25-21-13)11-22-5-3-15-17(4-6-22)19-12-20-18(15)23-7-9-24-10-8-23;3-2(4,5)1(6)7/h12H,3-11H2,1-2H3;(H,6,7). The zero-order chi connectivity index (χ0) is 23.3. The van der Waals surface area contributed by atoms with Gasteiger partial charge in [-0.05, 0) is 20.3 Å². The molecule has 32 heavy (non-hydrogen) atoms. The van der Waals surface area contributed by atoms with Crippen molar-refractivity contribution < 1.29 is 32.3 Å². The molecule has 1 N–H and O–H groups in total. The minimum Gasteiger partial charge on any atom is -0.475 e. The van der Waals surface area contributed by atoms with Crippen molar-refractivity contribution >= 4 is 11.8 Å². The molecule has 12 heteroatoms. The number of anilines is 1. The van der Waals surface area contributed by atoms with E-state index in [0.29, 0.717) is 0 Å². The number of ether oxygens (including phenoxy) is 1. The van der Waals surface area contributed by atoms with Crippen LogP contribution >= 0.6 is 0 Å². The number of halogens is 3. The molecule has 0 amide bonds. The summed E-state index contributed by atoms with van der Waals surface area (Å²) < 4.78 is 42.5. The summed E-state index contributed by atoms with van der Waals surface area (Å²) in [6.45, 7) is 10.3. The molecule has 4 rings (SSSR count). The van der Waals surface area contributed by atoms with E-state index in [2.05, 4.69) is 24.9 Å². The van der Waals surface area contributed by atoms with Crippen LogP contribution in [0.15, 0.2) is 10.9 Å². The Balaban J connectivity index is 0.000000360. The third-order valence-electron chi connectivity index (χ3n) is 5.47. The van der Waals surface area contributed by atoms with Crippen molar-refractivity contribution in [2.75, 3.05) is 44.3 Å². The molecule has 4 heterocycles. The van der Waals surface area contributed by atoms with Crippen LogP contribution in [0.3, 0.4) is 0 Å². The maximum absolute atomic E-state index is 10.6. The summed E-state index contributed by atoms with van der Waals surface area (Å²) in [7, 11) is 0. The van der Waals surface area contributed by atoms with Gasteiger partial charge >= 0.3 is 12.1 Å². The fourth-order valence-electron chi connectivity index (χ4n) is 3.71. The molecule has 0 aliphatic carbocycles. The number of nitrogens with zero attached hydrogens (tertiary/aromatic N) is 5. The number of aliphatic carboxylic acids is 1. The summed E-state index contributed by atoms with van der Waals surface area (Å²) in [6.07, 6.45) is -1.43. The van der Waals surface area contributed by atoms with Crippen LogP contribution in [0.1, 0.15) is 28.3 Å². The van der Waals surface area contributed by atoms with Gasteiger partial charge in [-0.1, -0.05) is 5.16 Å². The van der Waals surface area contributed by atoms with Gasteiger partial charge in [0.2, 0.25) is 0 Å². The van der Waals surface area contributed by atoms with E-state index in [0.717, 1.165) is 76.1 Å². The maximum Gasteiger partial charge on any atom is 0.490 e. The van der Waals surface area contributed by atoms with Crippen molar-refractivity contribution in [2.24, 2.45) is 0 Å². The van der Waals surface area contributed by atoms with Crippen LogP contribution in [0.5, 0.6) is 0 Å². The SMILES string of the molecule is Cc1noc(C)c1CN1CCc2ncnc(N3CCOCC3)c2CC1.O=C(O)C(F)(F)F. The Labute approximate surface area is 183 Å². The van der Waals surface area contributed by atoms with Gasteiger partial charge in [0, 0.05) is 50.3 Å². The zero-order valence-corrected chi connectivity index (χ0v) is 18.0. The van der Waals surface area contributed by atoms with Gasteiger partial charge in [-0.25, -0.2) is 14.8 Å². The lowest BCUT2D eigenvalue weighted by molar-refractivity contribution is -0.192. The highest BCUT2D eigenvalue weighted by Gasteiger charge is 2.38. The number of carboxylic acid groups (broad SMARTS) is 1. The Kier molecular flexibility index (Phi) is 7.67. The molecule has 2 aromatic heterocycles. The van der Waals surface area contributed by atoms with Crippen molar-refractivity contribution in [3.05, 3.63) is 34.6 Å². The van der Waals surface area contributed by atoms with Gasteiger partial charge in [0.1, 0.15) is 17.9 Å². The van der Waals surface area contributed by atoms with Crippen LogP contribution in [0.4, 0.5) is 19.0 Å². The predicted octanol–water partition coefficient (Wildman–Crippen LogP) is 2.15. The zero-order valence-electron chi connectivity index (χ0n) is 18.0. The largest absolute Gasteiger partial charge is 0.490 e. The van der Waals surface area contributed by atoms with Gasteiger partial charge < -0.3 is 19.3 Å². The van der Waals surface area contributed by atoms with Crippen molar-refractivity contribution in [1.82, 2.24) is 20.0 Å². The smallest absolute Gasteiger partial charge is 0.475 e. The van der Waals surface area contributed by atoms with E-state index in [4.69, 9.17) is 19.2 Å². The summed E-state index contributed by atoms with van der Waals surface area (Å²) in [6, 6.07) is 0. The third-order valence-corrected chi connectivity index (χ3v) is 5.47. The molecular weight excluding hydrogens is 431 g/mol. The second kappa shape index (κ2) is 10.3. The summed E-state index contributed by atoms with van der Waals surface area (Å²) in [5.41, 5.74) is 4.71. The molecule has 1 fully saturated rings. The number of carboxylic acids is 1. The fraction of sp³-hybridized carbons (Fsp3) is 0.600. The average molecular weight is 457 g/mol. The molecule has 0 saturated carbocycles. The van der Waals surface area contributed by atoms with Crippen LogP contribution in [-0.2, 0) is 28.9 Å². The van der Waals surface area contributed by atoms with Crippen LogP contribution in [0.25, 0.3) is 0 Å². The second-order valence-corrected chi connectivity index (χ2v) is 7.60. The molecule has 0 unspecified atom stereocenters. The molecule has 0 bridgehead atoms. The first-order valence-electron chi connectivity index (χ1n) is 10.3. The van der Waals surface area contributed by atoms with Crippen LogP contribution in [0.2, 0.25) is 0 Å². The number of aromatic nitrogens is 3. The van der Waals surface area contributed by atoms with E-state index >= 15 is 0 Å². The maximum atomic E-state index is 10.6. The lowest BCUT2D eigenvalue weighted by Crippen LogP contribution is -2.37. The van der Waals surface area contributed by atoms with Crippen molar-refractivity contribution in [2.45, 2.75) is 39.4 Å². The Morgan fingerprint density at radius 2 is 1.78 bits per heavy atom. The van der Waals surface area contributed by atoms with Gasteiger partial charge in [0.05, 0.1) is 24.6 Å². The van der Waals surface area contributed by atoms with E-state index in [9.17, 15) is 13.2 Å². The number of fused-ring (bicyclic) bond motifs is 1. The molecule has 0 atom stereocenters. The molecule has 0 radical (unpaired) electrons. The van der Waals surface area contributed by atoms with Crippen LogP contribution in [0, 0.1) is 13.8 Å². The predicted molar refractivity (Wildman–Crippen MR) is 107 cm³/mol. The molecular formula is C20H26F3N5O4. The average Bonchev–Trinajstić information content (AvgIpc) is 2.95. The molecule has 2 aliphatic rings. The van der Waals surface area contributed by atoms with E-state index < -0.39 is 12.1 Å². The Morgan fingerprint density at radius 3 is 2.38 bits per heavy atom. The first-order chi connectivity index (χ1) is 15.2. The molecule has 1 saturated heterocycles.